The van der Waals surface area contributed by atoms with Crippen molar-refractivity contribution in [3.63, 3.8) is 0 Å². The molecule has 0 bridgehead atoms. The number of hydrogen-bond acceptors (Lipinski definition) is 2. The van der Waals surface area contributed by atoms with Gasteiger partial charge in [-0.1, -0.05) is 43.9 Å². The first-order valence-corrected chi connectivity index (χ1v) is 6.98. The van der Waals surface area contributed by atoms with Crippen LogP contribution in [0.1, 0.15) is 44.1 Å². The third-order valence-electron chi connectivity index (χ3n) is 4.51. The summed E-state index contributed by atoms with van der Waals surface area (Å²) >= 11 is 0. The Labute approximate surface area is 109 Å². The zero-order valence-electron chi connectivity index (χ0n) is 10.7. The average molecular weight is 241 g/mol. The normalized spacial score (nSPS) is 27.3. The van der Waals surface area contributed by atoms with E-state index in [2.05, 4.69) is 12.1 Å². The molecule has 1 unspecified atom stereocenters. The molecule has 1 heterocycles. The molecule has 0 aromatic heterocycles. The smallest absolute Gasteiger partial charge is 0.124 e. The van der Waals surface area contributed by atoms with Crippen molar-refractivity contribution >= 4 is 0 Å². The Morgan fingerprint density at radius 3 is 2.83 bits per heavy atom. The lowest BCUT2D eigenvalue weighted by atomic mass is 9.71. The summed E-state index contributed by atoms with van der Waals surface area (Å²) in [4.78, 5) is 0. The molecule has 1 aromatic carbocycles. The van der Waals surface area contributed by atoms with Crippen LogP contribution >= 0.6 is 0 Å². The van der Waals surface area contributed by atoms with E-state index in [-0.39, 0.29) is 5.41 Å². The van der Waals surface area contributed by atoms with Crippen molar-refractivity contribution < 1.29 is 4.74 Å². The Balaban J connectivity index is 1.94. The highest BCUT2D eigenvalue weighted by Gasteiger charge is 2.40. The standard InChI is InChI=1S/C16H19NO/c17-12-16(11-13-5-1-2-6-13)9-10-18-15-8-4-3-7-14(15)16/h3-4,7-8,13H,1-2,5-6,9-11H2. The second-order valence-electron chi connectivity index (χ2n) is 5.64. The summed E-state index contributed by atoms with van der Waals surface area (Å²) in [6.45, 7) is 0.678. The van der Waals surface area contributed by atoms with Gasteiger partial charge in [-0.2, -0.15) is 5.26 Å². The van der Waals surface area contributed by atoms with Crippen LogP contribution in [-0.4, -0.2) is 6.61 Å². The van der Waals surface area contributed by atoms with Crippen molar-refractivity contribution in [2.75, 3.05) is 6.61 Å². The Morgan fingerprint density at radius 2 is 2.06 bits per heavy atom. The van der Waals surface area contributed by atoms with Gasteiger partial charge in [-0.3, -0.25) is 0 Å². The molecule has 1 fully saturated rings. The van der Waals surface area contributed by atoms with Gasteiger partial charge >= 0.3 is 0 Å². The maximum absolute atomic E-state index is 9.74. The zero-order valence-corrected chi connectivity index (χ0v) is 10.7. The van der Waals surface area contributed by atoms with E-state index >= 15 is 0 Å². The minimum absolute atomic E-state index is 0.302. The molecule has 1 aliphatic carbocycles. The fourth-order valence-corrected chi connectivity index (χ4v) is 3.54. The van der Waals surface area contributed by atoms with Crippen molar-refractivity contribution in [1.29, 1.82) is 5.26 Å². The van der Waals surface area contributed by atoms with Crippen LogP contribution in [0.5, 0.6) is 5.75 Å². The van der Waals surface area contributed by atoms with Gasteiger partial charge in [0, 0.05) is 12.0 Å². The summed E-state index contributed by atoms with van der Waals surface area (Å²) in [6.07, 6.45) is 7.13. The van der Waals surface area contributed by atoms with Crippen LogP contribution in [0.3, 0.4) is 0 Å². The molecule has 2 heteroatoms. The van der Waals surface area contributed by atoms with Crippen molar-refractivity contribution in [3.8, 4) is 11.8 Å². The van der Waals surface area contributed by atoms with E-state index in [9.17, 15) is 5.26 Å². The minimum Gasteiger partial charge on any atom is -0.493 e. The van der Waals surface area contributed by atoms with E-state index in [1.807, 2.05) is 18.2 Å². The lowest BCUT2D eigenvalue weighted by Gasteiger charge is -2.35. The van der Waals surface area contributed by atoms with Crippen molar-refractivity contribution in [2.45, 2.75) is 43.9 Å². The van der Waals surface area contributed by atoms with Crippen LogP contribution in [0.4, 0.5) is 0 Å². The number of rotatable bonds is 2. The second-order valence-corrected chi connectivity index (χ2v) is 5.64. The monoisotopic (exact) mass is 241 g/mol. The highest BCUT2D eigenvalue weighted by molar-refractivity contribution is 5.45. The highest BCUT2D eigenvalue weighted by atomic mass is 16.5. The van der Waals surface area contributed by atoms with Crippen LogP contribution in [0.25, 0.3) is 0 Å². The van der Waals surface area contributed by atoms with Crippen molar-refractivity contribution in [1.82, 2.24) is 0 Å². The molecule has 94 valence electrons. The van der Waals surface area contributed by atoms with Gasteiger partial charge in [-0.15, -0.1) is 0 Å². The molecule has 0 N–H and O–H groups in total. The first-order chi connectivity index (χ1) is 8.84. The fraction of sp³-hybridized carbons (Fsp3) is 0.562. The zero-order chi connectivity index (χ0) is 12.4. The van der Waals surface area contributed by atoms with E-state index in [4.69, 9.17) is 4.74 Å². The van der Waals surface area contributed by atoms with Gasteiger partial charge in [-0.05, 0) is 18.4 Å². The summed E-state index contributed by atoms with van der Waals surface area (Å²) in [5, 5.41) is 9.74. The first kappa shape index (κ1) is 11.6. The van der Waals surface area contributed by atoms with E-state index < -0.39 is 0 Å². The molecule has 0 radical (unpaired) electrons. The molecular weight excluding hydrogens is 222 g/mol. The second kappa shape index (κ2) is 4.65. The van der Waals surface area contributed by atoms with Crippen LogP contribution in [-0.2, 0) is 5.41 Å². The number of nitrogens with zero attached hydrogens (tertiary/aromatic N) is 1. The van der Waals surface area contributed by atoms with Crippen LogP contribution < -0.4 is 4.74 Å². The molecule has 1 atom stereocenters. The summed E-state index contributed by atoms with van der Waals surface area (Å²) < 4.78 is 5.69. The number of ether oxygens (including phenoxy) is 1. The summed E-state index contributed by atoms with van der Waals surface area (Å²) in [7, 11) is 0. The molecule has 2 aliphatic rings. The number of benzene rings is 1. The van der Waals surface area contributed by atoms with Crippen LogP contribution in [0.2, 0.25) is 0 Å². The molecular formula is C16H19NO. The highest BCUT2D eigenvalue weighted by Crippen LogP contribution is 2.45. The van der Waals surface area contributed by atoms with E-state index in [0.29, 0.717) is 6.61 Å². The SMILES string of the molecule is N#CC1(CC2CCCC2)CCOc2ccccc21. The molecule has 0 amide bonds. The topological polar surface area (TPSA) is 33.0 Å². The maximum atomic E-state index is 9.74. The number of hydrogen-bond donors (Lipinski definition) is 0. The predicted molar refractivity (Wildman–Crippen MR) is 70.4 cm³/mol. The van der Waals surface area contributed by atoms with Crippen molar-refractivity contribution in [2.24, 2.45) is 5.92 Å². The summed E-state index contributed by atoms with van der Waals surface area (Å²) in [5.41, 5.74) is 0.815. The van der Waals surface area contributed by atoms with Crippen LogP contribution in [0, 0.1) is 17.2 Å². The number of fused-ring (bicyclic) bond motifs is 1. The van der Waals surface area contributed by atoms with E-state index in [1.54, 1.807) is 0 Å². The maximum Gasteiger partial charge on any atom is 0.124 e. The quantitative estimate of drug-likeness (QED) is 0.788. The fourth-order valence-electron chi connectivity index (χ4n) is 3.54. The molecule has 2 nitrogen and oxygen atoms in total. The van der Waals surface area contributed by atoms with Gasteiger partial charge in [0.25, 0.3) is 0 Å². The Hall–Kier alpha value is -1.49. The third-order valence-corrected chi connectivity index (χ3v) is 4.51. The summed E-state index contributed by atoms with van der Waals surface area (Å²) in [5.74, 6) is 1.65. The van der Waals surface area contributed by atoms with E-state index in [1.165, 1.54) is 25.7 Å². The molecule has 0 saturated heterocycles. The van der Waals surface area contributed by atoms with Gasteiger partial charge in [0.15, 0.2) is 0 Å². The van der Waals surface area contributed by atoms with Gasteiger partial charge in [-0.25, -0.2) is 0 Å². The van der Waals surface area contributed by atoms with Gasteiger partial charge < -0.3 is 4.74 Å². The molecule has 18 heavy (non-hydrogen) atoms. The Kier molecular flexibility index (Phi) is 2.99. The molecule has 1 aromatic rings. The van der Waals surface area contributed by atoms with Crippen LogP contribution in [0.15, 0.2) is 24.3 Å². The van der Waals surface area contributed by atoms with Crippen molar-refractivity contribution in [3.05, 3.63) is 29.8 Å². The molecule has 1 saturated carbocycles. The van der Waals surface area contributed by atoms with E-state index in [0.717, 1.165) is 30.1 Å². The average Bonchev–Trinajstić information content (AvgIpc) is 2.92. The third kappa shape index (κ3) is 1.88. The Bertz CT molecular complexity index is 470. The van der Waals surface area contributed by atoms with Gasteiger partial charge in [0.1, 0.15) is 5.75 Å². The lowest BCUT2D eigenvalue weighted by Crippen LogP contribution is -2.33. The van der Waals surface area contributed by atoms with Gasteiger partial charge in [0.2, 0.25) is 0 Å². The molecule has 1 aliphatic heterocycles. The first-order valence-electron chi connectivity index (χ1n) is 6.98. The minimum atomic E-state index is -0.302. The summed E-state index contributed by atoms with van der Waals surface area (Å²) in [6, 6.07) is 10.7. The molecule has 0 spiro atoms. The number of para-hydroxylation sites is 1. The molecule has 3 rings (SSSR count). The van der Waals surface area contributed by atoms with Gasteiger partial charge in [0.05, 0.1) is 18.1 Å². The lowest BCUT2D eigenvalue weighted by molar-refractivity contribution is 0.220. The predicted octanol–water partition coefficient (Wildman–Crippen LogP) is 3.81. The largest absolute Gasteiger partial charge is 0.493 e. The number of nitriles is 1. The Morgan fingerprint density at radius 1 is 1.28 bits per heavy atom.